The minimum atomic E-state index is -0.438. The number of hydrogen-bond acceptors (Lipinski definition) is 6. The molecule has 0 amide bonds. The van der Waals surface area contributed by atoms with Crippen LogP contribution in [0, 0.1) is 11.8 Å². The van der Waals surface area contributed by atoms with Gasteiger partial charge in [-0.2, -0.15) is 0 Å². The molecule has 3 fully saturated rings. The van der Waals surface area contributed by atoms with E-state index in [2.05, 4.69) is 14.1 Å². The molecule has 8 nitrogen and oxygen atoms in total. The number of esters is 2. The topological polar surface area (TPSA) is 71.1 Å². The summed E-state index contributed by atoms with van der Waals surface area (Å²) in [7, 11) is 4.56. The van der Waals surface area contributed by atoms with Gasteiger partial charge in [0.25, 0.3) is 0 Å². The van der Waals surface area contributed by atoms with Gasteiger partial charge in [-0.05, 0) is 36.8 Å². The average Bonchev–Trinajstić information content (AvgIpc) is 3.02. The third-order valence-corrected chi connectivity index (χ3v) is 10.2. The zero-order chi connectivity index (χ0) is 30.8. The fraction of sp³-hybridized carbons (Fsp3) is 0.611. The van der Waals surface area contributed by atoms with Crippen molar-refractivity contribution < 1.29 is 37.5 Å². The van der Waals surface area contributed by atoms with Crippen LogP contribution in [0.2, 0.25) is 0 Å². The highest BCUT2D eigenvalue weighted by atomic mass is 16.5. The van der Waals surface area contributed by atoms with Crippen LogP contribution in [0.3, 0.4) is 0 Å². The van der Waals surface area contributed by atoms with E-state index < -0.39 is 11.8 Å². The Hall–Kier alpha value is -2.78. The van der Waals surface area contributed by atoms with Crippen molar-refractivity contribution in [2.45, 2.75) is 37.5 Å². The van der Waals surface area contributed by atoms with E-state index in [0.717, 1.165) is 111 Å². The maximum atomic E-state index is 13.8. The lowest BCUT2D eigenvalue weighted by molar-refractivity contribution is -0.917. The van der Waals surface area contributed by atoms with E-state index in [9.17, 15) is 9.59 Å². The number of benzene rings is 2. The van der Waals surface area contributed by atoms with Crippen LogP contribution in [0.1, 0.15) is 48.6 Å². The third-order valence-electron chi connectivity index (χ3n) is 10.2. The highest BCUT2D eigenvalue weighted by Gasteiger charge is 2.59. The number of morpholine rings is 2. The van der Waals surface area contributed by atoms with Crippen molar-refractivity contribution >= 4 is 11.9 Å². The molecule has 3 aliphatic rings. The van der Waals surface area contributed by atoms with Gasteiger partial charge in [0.15, 0.2) is 0 Å². The molecule has 2 saturated heterocycles. The van der Waals surface area contributed by atoms with E-state index in [1.54, 1.807) is 0 Å². The van der Waals surface area contributed by atoms with Crippen LogP contribution in [-0.2, 0) is 28.5 Å². The number of quaternary nitrogens is 2. The first kappa shape index (κ1) is 32.6. The van der Waals surface area contributed by atoms with Crippen molar-refractivity contribution in [2.75, 3.05) is 93.0 Å². The number of unbranched alkanes of at least 4 members (excludes halogenated alkanes) is 2. The summed E-state index contributed by atoms with van der Waals surface area (Å²) in [6.07, 6.45) is 3.66. The molecule has 44 heavy (non-hydrogen) atoms. The SMILES string of the molecule is C[N+]1(CCCCOC(=O)C2C(c3ccccc3)C(C(=O)OCCCC[N+]3(C)CCOCC3)C2c2ccccc2)CCOCC1. The summed E-state index contributed by atoms with van der Waals surface area (Å²) in [4.78, 5) is 27.5. The van der Waals surface area contributed by atoms with E-state index in [0.29, 0.717) is 13.2 Å². The Morgan fingerprint density at radius 2 is 0.977 bits per heavy atom. The molecule has 0 atom stereocenters. The Balaban J connectivity index is 1.21. The molecular formula is C36H52N2O6+2. The smallest absolute Gasteiger partial charge is 0.310 e. The Morgan fingerprint density at radius 3 is 1.34 bits per heavy atom. The number of ether oxygens (including phenoxy) is 4. The zero-order valence-electron chi connectivity index (χ0n) is 26.7. The predicted octanol–water partition coefficient (Wildman–Crippen LogP) is 4.40. The maximum absolute atomic E-state index is 13.8. The molecule has 0 bridgehead atoms. The van der Waals surface area contributed by atoms with Gasteiger partial charge in [-0.25, -0.2) is 0 Å². The number of rotatable bonds is 14. The van der Waals surface area contributed by atoms with Crippen molar-refractivity contribution in [3.8, 4) is 0 Å². The van der Waals surface area contributed by atoms with Crippen LogP contribution >= 0.6 is 0 Å². The van der Waals surface area contributed by atoms with Gasteiger partial charge in [0, 0.05) is 11.8 Å². The van der Waals surface area contributed by atoms with Gasteiger partial charge in [-0.15, -0.1) is 0 Å². The lowest BCUT2D eigenvalue weighted by Gasteiger charge is -2.49. The van der Waals surface area contributed by atoms with Gasteiger partial charge < -0.3 is 27.9 Å². The molecule has 0 N–H and O–H groups in total. The van der Waals surface area contributed by atoms with Crippen LogP contribution in [0.25, 0.3) is 0 Å². The highest BCUT2D eigenvalue weighted by Crippen LogP contribution is 2.58. The largest absolute Gasteiger partial charge is 0.465 e. The summed E-state index contributed by atoms with van der Waals surface area (Å²) in [5, 5.41) is 0. The maximum Gasteiger partial charge on any atom is 0.310 e. The van der Waals surface area contributed by atoms with Crippen LogP contribution in [-0.4, -0.2) is 114 Å². The second-order valence-corrected chi connectivity index (χ2v) is 13.5. The van der Waals surface area contributed by atoms with Gasteiger partial charge in [-0.3, -0.25) is 9.59 Å². The predicted molar refractivity (Wildman–Crippen MR) is 169 cm³/mol. The second kappa shape index (κ2) is 15.5. The zero-order valence-corrected chi connectivity index (χ0v) is 26.7. The van der Waals surface area contributed by atoms with Gasteiger partial charge >= 0.3 is 11.9 Å². The minimum Gasteiger partial charge on any atom is -0.465 e. The Morgan fingerprint density at radius 1 is 0.614 bits per heavy atom. The standard InChI is InChI=1S/C36H52N2O6/c1-37(19-25-41-26-20-37)17-9-11-23-43-35(39)33-31(29-13-5-3-6-14-29)34(32(33)30-15-7-4-8-16-30)36(40)44-24-12-10-18-38(2)21-27-42-28-22-38/h3-8,13-16,31-34H,9-12,17-28H2,1-2H3/q+2. The molecule has 0 aromatic heterocycles. The monoisotopic (exact) mass is 608 g/mol. The lowest BCUT2D eigenvalue weighted by atomic mass is 9.52. The highest BCUT2D eigenvalue weighted by molar-refractivity contribution is 5.85. The van der Waals surface area contributed by atoms with E-state index in [4.69, 9.17) is 18.9 Å². The number of carbonyl (C=O) groups excluding carboxylic acids is 2. The quantitative estimate of drug-likeness (QED) is 0.180. The molecule has 2 aliphatic heterocycles. The van der Waals surface area contributed by atoms with Crippen LogP contribution in [0.15, 0.2) is 60.7 Å². The fourth-order valence-corrected chi connectivity index (χ4v) is 7.26. The normalized spacial score (nSPS) is 25.9. The Labute approximate surface area is 263 Å². The summed E-state index contributed by atoms with van der Waals surface area (Å²) in [5.74, 6) is -1.87. The Kier molecular flexibility index (Phi) is 11.5. The van der Waals surface area contributed by atoms with Gasteiger partial charge in [-0.1, -0.05) is 60.7 Å². The lowest BCUT2D eigenvalue weighted by Crippen LogP contribution is -2.52. The molecular weight excluding hydrogens is 556 g/mol. The summed E-state index contributed by atoms with van der Waals surface area (Å²) in [5.41, 5.74) is 1.97. The van der Waals surface area contributed by atoms with Crippen LogP contribution in [0.4, 0.5) is 0 Å². The molecule has 2 heterocycles. The first-order chi connectivity index (χ1) is 21.4. The molecule has 8 heteroatoms. The van der Waals surface area contributed by atoms with E-state index in [1.165, 1.54) is 0 Å². The van der Waals surface area contributed by atoms with Gasteiger partial charge in [0.05, 0.1) is 78.7 Å². The summed E-state index contributed by atoms with van der Waals surface area (Å²) >= 11 is 0. The number of hydrogen-bond donors (Lipinski definition) is 0. The van der Waals surface area contributed by atoms with E-state index in [-0.39, 0.29) is 23.8 Å². The van der Waals surface area contributed by atoms with E-state index >= 15 is 0 Å². The molecule has 2 aromatic rings. The first-order valence-corrected chi connectivity index (χ1v) is 16.6. The van der Waals surface area contributed by atoms with Gasteiger partial charge in [0.1, 0.15) is 26.2 Å². The molecule has 1 aliphatic carbocycles. The molecule has 2 aromatic carbocycles. The Bertz CT molecular complexity index is 1080. The first-order valence-electron chi connectivity index (χ1n) is 16.6. The van der Waals surface area contributed by atoms with Crippen molar-refractivity contribution in [1.82, 2.24) is 0 Å². The van der Waals surface area contributed by atoms with Crippen molar-refractivity contribution in [1.29, 1.82) is 0 Å². The average molecular weight is 609 g/mol. The number of nitrogens with zero attached hydrogens (tertiary/aromatic N) is 2. The van der Waals surface area contributed by atoms with Crippen molar-refractivity contribution in [2.24, 2.45) is 11.8 Å². The molecule has 5 rings (SSSR count). The molecule has 1 saturated carbocycles. The molecule has 0 unspecified atom stereocenters. The van der Waals surface area contributed by atoms with Crippen LogP contribution in [0.5, 0.6) is 0 Å². The molecule has 0 radical (unpaired) electrons. The fourth-order valence-electron chi connectivity index (χ4n) is 7.26. The second-order valence-electron chi connectivity index (χ2n) is 13.5. The summed E-state index contributed by atoms with van der Waals surface area (Å²) in [6.45, 7) is 10.3. The summed E-state index contributed by atoms with van der Waals surface area (Å²) in [6, 6.07) is 19.9. The number of carbonyl (C=O) groups is 2. The molecule has 0 spiro atoms. The van der Waals surface area contributed by atoms with Crippen molar-refractivity contribution in [3.05, 3.63) is 71.8 Å². The third kappa shape index (κ3) is 8.27. The molecule has 240 valence electrons. The minimum absolute atomic E-state index is 0.217. The van der Waals surface area contributed by atoms with Crippen LogP contribution < -0.4 is 0 Å². The summed E-state index contributed by atoms with van der Waals surface area (Å²) < 4.78 is 25.0. The van der Waals surface area contributed by atoms with Gasteiger partial charge in [0.2, 0.25) is 0 Å². The van der Waals surface area contributed by atoms with Crippen molar-refractivity contribution in [3.63, 3.8) is 0 Å². The number of likely N-dealkylation sites (N-methyl/N-ethyl adjacent to an activating group) is 2. The van der Waals surface area contributed by atoms with E-state index in [1.807, 2.05) is 60.7 Å².